The van der Waals surface area contributed by atoms with Gasteiger partial charge in [0.2, 0.25) is 0 Å². The van der Waals surface area contributed by atoms with Crippen molar-refractivity contribution in [3.8, 4) is 0 Å². The Morgan fingerprint density at radius 3 is 2.91 bits per heavy atom. The summed E-state index contributed by atoms with van der Waals surface area (Å²) in [6, 6.07) is 12.5. The second-order valence-electron chi connectivity index (χ2n) is 5.89. The maximum Gasteiger partial charge on any atom is 0.128 e. The van der Waals surface area contributed by atoms with E-state index in [1.807, 2.05) is 12.3 Å². The fraction of sp³-hybridized carbons (Fsp3) is 0.389. The SMILES string of the molecule is Cc1cc(N2CCC(COCc3ccccc3)C2)ncc1Br. The van der Waals surface area contributed by atoms with Crippen molar-refractivity contribution in [3.63, 3.8) is 0 Å². The molecule has 1 aliphatic rings. The largest absolute Gasteiger partial charge is 0.376 e. The minimum Gasteiger partial charge on any atom is -0.376 e. The lowest BCUT2D eigenvalue weighted by molar-refractivity contribution is 0.0929. The number of hydrogen-bond donors (Lipinski definition) is 0. The smallest absolute Gasteiger partial charge is 0.128 e. The van der Waals surface area contributed by atoms with Crippen LogP contribution in [-0.4, -0.2) is 24.7 Å². The number of aryl methyl sites for hydroxylation is 1. The predicted octanol–water partition coefficient (Wildman–Crippen LogP) is 4.20. The van der Waals surface area contributed by atoms with Gasteiger partial charge in [0.25, 0.3) is 0 Å². The molecule has 1 atom stereocenters. The first-order valence-corrected chi connectivity index (χ1v) is 8.50. The number of anilines is 1. The summed E-state index contributed by atoms with van der Waals surface area (Å²) < 4.78 is 6.94. The molecule has 1 aromatic carbocycles. The number of aromatic nitrogens is 1. The molecule has 0 saturated carbocycles. The Bertz CT molecular complexity index is 618. The lowest BCUT2D eigenvalue weighted by atomic mass is 10.1. The summed E-state index contributed by atoms with van der Waals surface area (Å²) in [7, 11) is 0. The second kappa shape index (κ2) is 7.25. The zero-order chi connectivity index (χ0) is 15.4. The Labute approximate surface area is 140 Å². The number of benzene rings is 1. The van der Waals surface area contributed by atoms with E-state index in [0.717, 1.165) is 30.0 Å². The van der Waals surface area contributed by atoms with Gasteiger partial charge in [0, 0.05) is 29.7 Å². The van der Waals surface area contributed by atoms with E-state index in [0.29, 0.717) is 12.5 Å². The van der Waals surface area contributed by atoms with Crippen molar-refractivity contribution in [3.05, 3.63) is 58.2 Å². The van der Waals surface area contributed by atoms with Crippen LogP contribution >= 0.6 is 15.9 Å². The van der Waals surface area contributed by atoms with E-state index in [9.17, 15) is 0 Å². The third-order valence-electron chi connectivity index (χ3n) is 4.11. The van der Waals surface area contributed by atoms with Crippen molar-refractivity contribution in [1.82, 2.24) is 4.98 Å². The summed E-state index contributed by atoms with van der Waals surface area (Å²) >= 11 is 3.51. The van der Waals surface area contributed by atoms with Crippen LogP contribution in [0.25, 0.3) is 0 Å². The van der Waals surface area contributed by atoms with Gasteiger partial charge >= 0.3 is 0 Å². The van der Waals surface area contributed by atoms with Gasteiger partial charge in [-0.3, -0.25) is 0 Å². The molecule has 0 amide bonds. The van der Waals surface area contributed by atoms with Crippen molar-refractivity contribution in [2.75, 3.05) is 24.6 Å². The van der Waals surface area contributed by atoms with Crippen LogP contribution in [0.15, 0.2) is 47.1 Å². The van der Waals surface area contributed by atoms with E-state index in [1.165, 1.54) is 17.5 Å². The van der Waals surface area contributed by atoms with Gasteiger partial charge in [-0.05, 0) is 46.5 Å². The summed E-state index contributed by atoms with van der Waals surface area (Å²) in [6.07, 6.45) is 3.06. The molecule has 1 aliphatic heterocycles. The van der Waals surface area contributed by atoms with Crippen molar-refractivity contribution in [1.29, 1.82) is 0 Å². The molecular weight excluding hydrogens is 340 g/mol. The number of ether oxygens (including phenoxy) is 1. The first-order valence-electron chi connectivity index (χ1n) is 7.71. The molecule has 0 radical (unpaired) electrons. The van der Waals surface area contributed by atoms with Crippen LogP contribution in [0.3, 0.4) is 0 Å². The van der Waals surface area contributed by atoms with Crippen molar-refractivity contribution in [2.24, 2.45) is 5.92 Å². The first kappa shape index (κ1) is 15.5. The molecule has 4 heteroatoms. The fourth-order valence-electron chi connectivity index (χ4n) is 2.79. The first-order chi connectivity index (χ1) is 10.7. The summed E-state index contributed by atoms with van der Waals surface area (Å²) in [6.45, 7) is 5.72. The van der Waals surface area contributed by atoms with Crippen LogP contribution in [0.1, 0.15) is 17.5 Å². The maximum atomic E-state index is 5.88. The quantitative estimate of drug-likeness (QED) is 0.798. The van der Waals surface area contributed by atoms with E-state index >= 15 is 0 Å². The standard InChI is InChI=1S/C18H21BrN2O/c1-14-9-18(20-10-17(14)19)21-8-7-16(11-21)13-22-12-15-5-3-2-4-6-15/h2-6,9-10,16H,7-8,11-13H2,1H3. The highest BCUT2D eigenvalue weighted by Crippen LogP contribution is 2.25. The van der Waals surface area contributed by atoms with E-state index < -0.39 is 0 Å². The monoisotopic (exact) mass is 360 g/mol. The van der Waals surface area contributed by atoms with Crippen molar-refractivity contribution in [2.45, 2.75) is 20.0 Å². The molecule has 2 aromatic rings. The molecule has 3 rings (SSSR count). The van der Waals surface area contributed by atoms with E-state index in [2.05, 4.69) is 63.1 Å². The van der Waals surface area contributed by atoms with Gasteiger partial charge in [-0.15, -0.1) is 0 Å². The second-order valence-corrected chi connectivity index (χ2v) is 6.75. The molecule has 3 nitrogen and oxygen atoms in total. The van der Waals surface area contributed by atoms with Gasteiger partial charge < -0.3 is 9.64 Å². The number of halogens is 1. The zero-order valence-electron chi connectivity index (χ0n) is 12.8. The summed E-state index contributed by atoms with van der Waals surface area (Å²) in [5.41, 5.74) is 2.47. The van der Waals surface area contributed by atoms with E-state index in [1.54, 1.807) is 0 Å². The number of hydrogen-bond acceptors (Lipinski definition) is 3. The van der Waals surface area contributed by atoms with E-state index in [-0.39, 0.29) is 0 Å². The van der Waals surface area contributed by atoms with Crippen LogP contribution in [0.5, 0.6) is 0 Å². The Morgan fingerprint density at radius 1 is 1.32 bits per heavy atom. The zero-order valence-corrected chi connectivity index (χ0v) is 14.4. The fourth-order valence-corrected chi connectivity index (χ4v) is 3.01. The van der Waals surface area contributed by atoms with Gasteiger partial charge in [-0.2, -0.15) is 0 Å². The Hall–Kier alpha value is -1.39. The molecule has 0 N–H and O–H groups in total. The lowest BCUT2D eigenvalue weighted by Crippen LogP contribution is -2.22. The van der Waals surface area contributed by atoms with E-state index in [4.69, 9.17) is 4.74 Å². The van der Waals surface area contributed by atoms with Gasteiger partial charge in [0.15, 0.2) is 0 Å². The molecule has 1 unspecified atom stereocenters. The maximum absolute atomic E-state index is 5.88. The molecule has 0 bridgehead atoms. The minimum atomic E-state index is 0.592. The molecule has 2 heterocycles. The molecule has 1 fully saturated rings. The average Bonchev–Trinajstić information content (AvgIpc) is 3.00. The van der Waals surface area contributed by atoms with Crippen LogP contribution in [0.4, 0.5) is 5.82 Å². The molecule has 116 valence electrons. The Balaban J connectivity index is 1.49. The number of nitrogens with zero attached hydrogens (tertiary/aromatic N) is 2. The third kappa shape index (κ3) is 3.87. The van der Waals surface area contributed by atoms with Crippen LogP contribution in [-0.2, 0) is 11.3 Å². The number of rotatable bonds is 5. The molecule has 0 spiro atoms. The molecular formula is C18H21BrN2O. The predicted molar refractivity (Wildman–Crippen MR) is 93.1 cm³/mol. The van der Waals surface area contributed by atoms with Gasteiger partial charge in [0.1, 0.15) is 5.82 Å². The minimum absolute atomic E-state index is 0.592. The average molecular weight is 361 g/mol. The Kier molecular flexibility index (Phi) is 5.11. The summed E-state index contributed by atoms with van der Waals surface area (Å²) in [5.74, 6) is 1.67. The normalized spacial score (nSPS) is 17.9. The molecule has 0 aliphatic carbocycles. The molecule has 1 saturated heterocycles. The van der Waals surface area contributed by atoms with Gasteiger partial charge in [-0.25, -0.2) is 4.98 Å². The highest BCUT2D eigenvalue weighted by Gasteiger charge is 2.23. The Morgan fingerprint density at radius 2 is 2.14 bits per heavy atom. The van der Waals surface area contributed by atoms with Gasteiger partial charge in [-0.1, -0.05) is 30.3 Å². The van der Waals surface area contributed by atoms with Crippen LogP contribution in [0.2, 0.25) is 0 Å². The van der Waals surface area contributed by atoms with Crippen molar-refractivity contribution < 1.29 is 4.74 Å². The molecule has 1 aromatic heterocycles. The molecule has 22 heavy (non-hydrogen) atoms. The topological polar surface area (TPSA) is 25.4 Å². The highest BCUT2D eigenvalue weighted by atomic mass is 79.9. The van der Waals surface area contributed by atoms with Crippen LogP contribution in [0, 0.1) is 12.8 Å². The van der Waals surface area contributed by atoms with Crippen LogP contribution < -0.4 is 4.90 Å². The highest BCUT2D eigenvalue weighted by molar-refractivity contribution is 9.10. The number of pyridine rings is 1. The van der Waals surface area contributed by atoms with Gasteiger partial charge in [0.05, 0.1) is 13.2 Å². The summed E-state index contributed by atoms with van der Waals surface area (Å²) in [4.78, 5) is 6.88. The third-order valence-corrected chi connectivity index (χ3v) is 4.94. The summed E-state index contributed by atoms with van der Waals surface area (Å²) in [5, 5.41) is 0. The van der Waals surface area contributed by atoms with Crippen molar-refractivity contribution >= 4 is 21.7 Å². The lowest BCUT2D eigenvalue weighted by Gasteiger charge is -2.18.